The van der Waals surface area contributed by atoms with Crippen molar-refractivity contribution in [2.45, 2.75) is 33.5 Å². The molecular formula is C19H22N4O2. The number of benzene rings is 1. The van der Waals surface area contributed by atoms with E-state index in [4.69, 9.17) is 10.2 Å². The molecule has 0 radical (unpaired) electrons. The minimum Gasteiger partial charge on any atom is -0.467 e. The average Bonchev–Trinajstić information content (AvgIpc) is 3.20. The van der Waals surface area contributed by atoms with Crippen LogP contribution in [-0.4, -0.2) is 15.7 Å². The van der Waals surface area contributed by atoms with Crippen molar-refractivity contribution in [3.63, 3.8) is 0 Å². The van der Waals surface area contributed by atoms with Gasteiger partial charge in [0.15, 0.2) is 0 Å². The zero-order valence-electron chi connectivity index (χ0n) is 14.5. The second kappa shape index (κ2) is 7.36. The van der Waals surface area contributed by atoms with Gasteiger partial charge in [0.05, 0.1) is 24.3 Å². The van der Waals surface area contributed by atoms with E-state index in [0.717, 1.165) is 17.0 Å². The second-order valence-corrected chi connectivity index (χ2v) is 5.98. The molecule has 0 atom stereocenters. The van der Waals surface area contributed by atoms with E-state index in [-0.39, 0.29) is 12.5 Å². The number of aromatic nitrogens is 2. The number of aryl methyl sites for hydroxylation is 1. The van der Waals surface area contributed by atoms with Crippen LogP contribution >= 0.6 is 0 Å². The molecule has 25 heavy (non-hydrogen) atoms. The highest BCUT2D eigenvalue weighted by Crippen LogP contribution is 2.15. The molecular weight excluding hydrogens is 316 g/mol. The Kier molecular flexibility index (Phi) is 5.00. The van der Waals surface area contributed by atoms with Gasteiger partial charge in [0.1, 0.15) is 12.0 Å². The lowest BCUT2D eigenvalue weighted by molar-refractivity contribution is 0.0950. The van der Waals surface area contributed by atoms with Crippen LogP contribution in [0.5, 0.6) is 0 Å². The van der Waals surface area contributed by atoms with Gasteiger partial charge in [0.25, 0.3) is 5.91 Å². The Morgan fingerprint density at radius 3 is 2.72 bits per heavy atom. The predicted octanol–water partition coefficient (Wildman–Crippen LogP) is 2.53. The molecule has 3 aromatic rings. The Balaban J connectivity index is 1.69. The molecule has 2 aromatic heterocycles. The van der Waals surface area contributed by atoms with Crippen LogP contribution in [0.3, 0.4) is 0 Å². The van der Waals surface area contributed by atoms with E-state index in [2.05, 4.69) is 22.5 Å². The molecule has 0 aliphatic heterocycles. The SMILES string of the molecule is Cc1nn(Cc2ccccc2)c(C)c1CNC(=O)c1coc(CN)c1. The summed E-state index contributed by atoms with van der Waals surface area (Å²) in [5.41, 5.74) is 10.2. The van der Waals surface area contributed by atoms with E-state index in [1.807, 2.05) is 36.7 Å². The number of nitrogens with one attached hydrogen (secondary N) is 1. The van der Waals surface area contributed by atoms with Crippen molar-refractivity contribution in [3.8, 4) is 0 Å². The molecule has 0 saturated heterocycles. The van der Waals surface area contributed by atoms with E-state index in [1.54, 1.807) is 6.07 Å². The molecule has 0 aliphatic carbocycles. The number of nitrogens with two attached hydrogens (primary N) is 1. The summed E-state index contributed by atoms with van der Waals surface area (Å²) >= 11 is 0. The first-order chi connectivity index (χ1) is 12.1. The lowest BCUT2D eigenvalue weighted by Crippen LogP contribution is -2.23. The highest BCUT2D eigenvalue weighted by atomic mass is 16.3. The minimum absolute atomic E-state index is 0.182. The van der Waals surface area contributed by atoms with Crippen molar-refractivity contribution >= 4 is 5.91 Å². The van der Waals surface area contributed by atoms with Gasteiger partial charge >= 0.3 is 0 Å². The van der Waals surface area contributed by atoms with Crippen LogP contribution in [0.4, 0.5) is 0 Å². The molecule has 1 aromatic carbocycles. The number of hydrogen-bond acceptors (Lipinski definition) is 4. The molecule has 0 bridgehead atoms. The van der Waals surface area contributed by atoms with Gasteiger partial charge in [-0.05, 0) is 25.5 Å². The molecule has 0 saturated carbocycles. The zero-order chi connectivity index (χ0) is 17.8. The van der Waals surface area contributed by atoms with Crippen molar-refractivity contribution < 1.29 is 9.21 Å². The van der Waals surface area contributed by atoms with Crippen LogP contribution in [0.2, 0.25) is 0 Å². The first kappa shape index (κ1) is 17.0. The van der Waals surface area contributed by atoms with Crippen molar-refractivity contribution in [2.24, 2.45) is 5.73 Å². The van der Waals surface area contributed by atoms with E-state index < -0.39 is 0 Å². The van der Waals surface area contributed by atoms with Crippen molar-refractivity contribution in [2.75, 3.05) is 0 Å². The molecule has 0 spiro atoms. The summed E-state index contributed by atoms with van der Waals surface area (Å²) in [6.45, 7) is 5.39. The number of carbonyl (C=O) groups excluding carboxylic acids is 1. The lowest BCUT2D eigenvalue weighted by Gasteiger charge is -2.07. The number of amides is 1. The molecule has 0 unspecified atom stereocenters. The smallest absolute Gasteiger partial charge is 0.254 e. The van der Waals surface area contributed by atoms with E-state index >= 15 is 0 Å². The van der Waals surface area contributed by atoms with E-state index in [0.29, 0.717) is 24.4 Å². The van der Waals surface area contributed by atoms with E-state index in [9.17, 15) is 4.79 Å². The topological polar surface area (TPSA) is 86.1 Å². The Labute approximate surface area is 146 Å². The van der Waals surface area contributed by atoms with Gasteiger partial charge in [-0.2, -0.15) is 5.10 Å². The number of rotatable bonds is 6. The third-order valence-corrected chi connectivity index (χ3v) is 4.25. The van der Waals surface area contributed by atoms with Gasteiger partial charge in [-0.1, -0.05) is 30.3 Å². The summed E-state index contributed by atoms with van der Waals surface area (Å²) in [7, 11) is 0. The quantitative estimate of drug-likeness (QED) is 0.723. The third-order valence-electron chi connectivity index (χ3n) is 4.25. The largest absolute Gasteiger partial charge is 0.467 e. The highest BCUT2D eigenvalue weighted by molar-refractivity contribution is 5.93. The number of hydrogen-bond donors (Lipinski definition) is 2. The fourth-order valence-corrected chi connectivity index (χ4v) is 2.78. The summed E-state index contributed by atoms with van der Waals surface area (Å²) in [6, 6.07) is 11.8. The molecule has 3 N–H and O–H groups in total. The summed E-state index contributed by atoms with van der Waals surface area (Å²) in [5.74, 6) is 0.409. The van der Waals surface area contributed by atoms with Crippen LogP contribution in [0, 0.1) is 13.8 Å². The Hall–Kier alpha value is -2.86. The lowest BCUT2D eigenvalue weighted by atomic mass is 10.2. The number of furan rings is 1. The van der Waals surface area contributed by atoms with Crippen molar-refractivity contribution in [1.29, 1.82) is 0 Å². The molecule has 6 nitrogen and oxygen atoms in total. The van der Waals surface area contributed by atoms with Crippen LogP contribution in [0.1, 0.15) is 38.6 Å². The van der Waals surface area contributed by atoms with Gasteiger partial charge in [-0.15, -0.1) is 0 Å². The summed E-state index contributed by atoms with van der Waals surface area (Å²) < 4.78 is 7.17. The normalized spacial score (nSPS) is 10.8. The summed E-state index contributed by atoms with van der Waals surface area (Å²) in [6.07, 6.45) is 1.43. The fraction of sp³-hybridized carbons (Fsp3) is 0.263. The molecule has 1 amide bonds. The van der Waals surface area contributed by atoms with Crippen LogP contribution in [0.25, 0.3) is 0 Å². The summed E-state index contributed by atoms with van der Waals surface area (Å²) in [5, 5.41) is 7.52. The van der Waals surface area contributed by atoms with E-state index in [1.165, 1.54) is 11.8 Å². The highest BCUT2D eigenvalue weighted by Gasteiger charge is 2.14. The van der Waals surface area contributed by atoms with Crippen molar-refractivity contribution in [3.05, 3.63) is 76.5 Å². The Morgan fingerprint density at radius 2 is 2.04 bits per heavy atom. The molecule has 0 aliphatic rings. The standard InChI is InChI=1S/C19H22N4O2/c1-13-18(10-21-19(24)16-8-17(9-20)25-12-16)14(2)23(22-13)11-15-6-4-3-5-7-15/h3-8,12H,9-11,20H2,1-2H3,(H,21,24). The van der Waals surface area contributed by atoms with Crippen LogP contribution in [0.15, 0.2) is 47.1 Å². The molecule has 6 heteroatoms. The van der Waals surface area contributed by atoms with Crippen LogP contribution < -0.4 is 11.1 Å². The maximum absolute atomic E-state index is 12.2. The molecule has 130 valence electrons. The summed E-state index contributed by atoms with van der Waals surface area (Å²) in [4.78, 5) is 12.2. The molecule has 3 rings (SSSR count). The predicted molar refractivity (Wildman–Crippen MR) is 95.0 cm³/mol. The molecule has 2 heterocycles. The maximum Gasteiger partial charge on any atom is 0.254 e. The van der Waals surface area contributed by atoms with Gasteiger partial charge in [-0.3, -0.25) is 9.48 Å². The van der Waals surface area contributed by atoms with Gasteiger partial charge in [-0.25, -0.2) is 0 Å². The average molecular weight is 338 g/mol. The second-order valence-electron chi connectivity index (χ2n) is 5.98. The maximum atomic E-state index is 12.2. The van der Waals surface area contributed by atoms with Gasteiger partial charge in [0.2, 0.25) is 0 Å². The van der Waals surface area contributed by atoms with Gasteiger partial charge in [0, 0.05) is 17.8 Å². The monoisotopic (exact) mass is 338 g/mol. The zero-order valence-corrected chi connectivity index (χ0v) is 14.5. The number of nitrogens with zero attached hydrogens (tertiary/aromatic N) is 2. The number of carbonyl (C=O) groups is 1. The minimum atomic E-state index is -0.182. The van der Waals surface area contributed by atoms with Crippen LogP contribution in [-0.2, 0) is 19.6 Å². The molecule has 0 fully saturated rings. The third kappa shape index (κ3) is 3.80. The van der Waals surface area contributed by atoms with Crippen molar-refractivity contribution in [1.82, 2.24) is 15.1 Å². The fourth-order valence-electron chi connectivity index (χ4n) is 2.78. The first-order valence-electron chi connectivity index (χ1n) is 8.21. The van der Waals surface area contributed by atoms with Gasteiger partial charge < -0.3 is 15.5 Å². The Bertz CT molecular complexity index is 865. The first-order valence-corrected chi connectivity index (χ1v) is 8.21. The Morgan fingerprint density at radius 1 is 1.28 bits per heavy atom.